The smallest absolute Gasteiger partial charge is 0.416 e. The van der Waals surface area contributed by atoms with Crippen LogP contribution in [0.15, 0.2) is 66.7 Å². The molecule has 3 aromatic carbocycles. The Morgan fingerprint density at radius 3 is 2.37 bits per heavy atom. The maximum Gasteiger partial charge on any atom is 0.416 e. The summed E-state index contributed by atoms with van der Waals surface area (Å²) in [5.41, 5.74) is 4.02. The maximum absolute atomic E-state index is 13.6. The largest absolute Gasteiger partial charge is 0.490 e. The minimum Gasteiger partial charge on any atom is -0.490 e. The molecule has 1 aromatic heterocycles. The van der Waals surface area contributed by atoms with Crippen LogP contribution in [0.2, 0.25) is 10.0 Å². The molecule has 2 atom stereocenters. The topological polar surface area (TPSA) is 98.3 Å². The summed E-state index contributed by atoms with van der Waals surface area (Å²) in [5.74, 6) is 1.22. The molecule has 0 unspecified atom stereocenters. The summed E-state index contributed by atoms with van der Waals surface area (Å²) in [5, 5.41) is 21.0. The van der Waals surface area contributed by atoms with Crippen LogP contribution in [0.25, 0.3) is 10.9 Å². The summed E-state index contributed by atoms with van der Waals surface area (Å²) in [4.78, 5) is 21.2. The molecule has 0 saturated carbocycles. The molecule has 0 aliphatic carbocycles. The Morgan fingerprint density at radius 1 is 0.953 bits per heavy atom. The van der Waals surface area contributed by atoms with E-state index in [0.29, 0.717) is 35.2 Å². The van der Waals surface area contributed by atoms with Crippen molar-refractivity contribution in [2.24, 2.45) is 0 Å². The molecule has 6 rings (SSSR count). The highest BCUT2D eigenvalue weighted by atomic mass is 35.5. The molecular weight excluding hydrogens is 589 g/mol. The van der Waals surface area contributed by atoms with Crippen LogP contribution in [0.1, 0.15) is 42.1 Å². The lowest BCUT2D eigenvalue weighted by atomic mass is 9.92. The van der Waals surface area contributed by atoms with E-state index in [-0.39, 0.29) is 18.8 Å². The number of likely N-dealkylation sites (tertiary alicyclic amines) is 1. The third-order valence-electron chi connectivity index (χ3n) is 8.36. The van der Waals surface area contributed by atoms with E-state index in [4.69, 9.17) is 37.8 Å². The van der Waals surface area contributed by atoms with Gasteiger partial charge in [-0.3, -0.25) is 4.90 Å². The lowest BCUT2D eigenvalue weighted by molar-refractivity contribution is 0.0608. The SMILES string of the molecule is O=C(Oc1ccc(Cl)cc1)N1CCc2c([nH]c3ccc(Cl)cc23)[C@@H]1c1ccc(OC2CCN(CC[C@H](O)CO)CC2)cc1. The van der Waals surface area contributed by atoms with Crippen LogP contribution in [0, 0.1) is 0 Å². The van der Waals surface area contributed by atoms with Crippen LogP contribution < -0.4 is 9.47 Å². The number of nitrogens with one attached hydrogen (secondary N) is 1. The van der Waals surface area contributed by atoms with E-state index in [1.165, 1.54) is 0 Å². The quantitative estimate of drug-likeness (QED) is 0.216. The van der Waals surface area contributed by atoms with Crippen LogP contribution in [0.4, 0.5) is 4.79 Å². The second kappa shape index (κ2) is 13.2. The molecular formula is C33H35Cl2N3O5. The van der Waals surface area contributed by atoms with Crippen LogP contribution in [-0.2, 0) is 6.42 Å². The van der Waals surface area contributed by atoms with Gasteiger partial charge in [-0.25, -0.2) is 4.79 Å². The number of aliphatic hydroxyl groups excluding tert-OH is 2. The lowest BCUT2D eigenvalue weighted by Gasteiger charge is -2.35. The molecule has 4 aromatic rings. The van der Waals surface area contributed by atoms with Crippen LogP contribution in [0.5, 0.6) is 11.5 Å². The van der Waals surface area contributed by atoms with Gasteiger partial charge in [-0.2, -0.15) is 0 Å². The maximum atomic E-state index is 13.6. The van der Waals surface area contributed by atoms with E-state index in [9.17, 15) is 9.90 Å². The predicted molar refractivity (Wildman–Crippen MR) is 167 cm³/mol. The number of amides is 1. The molecule has 3 heterocycles. The molecule has 3 N–H and O–H groups in total. The number of aromatic amines is 1. The molecule has 10 heteroatoms. The van der Waals surface area contributed by atoms with E-state index in [1.807, 2.05) is 42.5 Å². The Morgan fingerprint density at radius 2 is 1.65 bits per heavy atom. The van der Waals surface area contributed by atoms with Gasteiger partial charge >= 0.3 is 6.09 Å². The second-order valence-corrected chi connectivity index (χ2v) is 12.1. The highest BCUT2D eigenvalue weighted by molar-refractivity contribution is 6.31. The number of halogens is 2. The van der Waals surface area contributed by atoms with E-state index in [1.54, 1.807) is 29.2 Å². The first-order valence-electron chi connectivity index (χ1n) is 14.7. The van der Waals surface area contributed by atoms with Crippen molar-refractivity contribution in [3.8, 4) is 11.5 Å². The Bertz CT molecular complexity index is 1550. The van der Waals surface area contributed by atoms with Crippen LogP contribution in [-0.4, -0.2) is 76.1 Å². The van der Waals surface area contributed by atoms with Crippen LogP contribution in [0.3, 0.4) is 0 Å². The predicted octanol–water partition coefficient (Wildman–Crippen LogP) is 6.21. The van der Waals surface area contributed by atoms with Crippen molar-refractivity contribution < 1.29 is 24.5 Å². The van der Waals surface area contributed by atoms with E-state index >= 15 is 0 Å². The molecule has 0 spiro atoms. The van der Waals surface area contributed by atoms with Gasteiger partial charge in [-0.15, -0.1) is 0 Å². The fourth-order valence-corrected chi connectivity index (χ4v) is 6.36. The van der Waals surface area contributed by atoms with E-state index < -0.39 is 12.2 Å². The summed E-state index contributed by atoms with van der Waals surface area (Å²) >= 11 is 12.4. The monoisotopic (exact) mass is 623 g/mol. The molecule has 1 amide bonds. The first-order valence-corrected chi connectivity index (χ1v) is 15.5. The van der Waals surface area contributed by atoms with E-state index in [2.05, 4.69) is 9.88 Å². The number of piperidine rings is 1. The van der Waals surface area contributed by atoms with Gasteiger partial charge in [-0.1, -0.05) is 35.3 Å². The Balaban J connectivity index is 1.20. The molecule has 0 bridgehead atoms. The van der Waals surface area contributed by atoms with Crippen LogP contribution >= 0.6 is 23.2 Å². The van der Waals surface area contributed by atoms with Gasteiger partial charge in [0.25, 0.3) is 0 Å². The Hall–Kier alpha value is -3.27. The summed E-state index contributed by atoms with van der Waals surface area (Å²) in [6, 6.07) is 20.2. The van der Waals surface area contributed by atoms with E-state index in [0.717, 1.165) is 65.9 Å². The Kier molecular flexibility index (Phi) is 9.12. The minimum absolute atomic E-state index is 0.107. The number of carbonyl (C=O) groups excluding carboxylic acids is 1. The van der Waals surface area contributed by atoms with Crippen molar-refractivity contribution in [2.75, 3.05) is 32.8 Å². The van der Waals surface area contributed by atoms with Crippen molar-refractivity contribution in [2.45, 2.75) is 43.9 Å². The molecule has 8 nitrogen and oxygen atoms in total. The summed E-state index contributed by atoms with van der Waals surface area (Å²) in [6.07, 6.45) is 2.03. The first kappa shape index (κ1) is 29.8. The number of rotatable bonds is 8. The molecule has 1 saturated heterocycles. The average molecular weight is 625 g/mol. The zero-order valence-electron chi connectivity index (χ0n) is 23.7. The number of aromatic nitrogens is 1. The van der Waals surface area contributed by atoms with Gasteiger partial charge in [0.05, 0.1) is 12.7 Å². The molecule has 2 aliphatic heterocycles. The number of hydrogen-bond donors (Lipinski definition) is 3. The highest BCUT2D eigenvalue weighted by Gasteiger charge is 2.36. The van der Waals surface area contributed by atoms with Gasteiger partial charge in [0, 0.05) is 52.8 Å². The molecule has 43 heavy (non-hydrogen) atoms. The fraction of sp³-hybridized carbons (Fsp3) is 0.364. The first-order chi connectivity index (χ1) is 20.9. The third kappa shape index (κ3) is 6.79. The summed E-state index contributed by atoms with van der Waals surface area (Å²) in [7, 11) is 0. The third-order valence-corrected chi connectivity index (χ3v) is 8.85. The van der Waals surface area contributed by atoms with Crippen molar-refractivity contribution in [3.63, 3.8) is 0 Å². The average Bonchev–Trinajstić information content (AvgIpc) is 3.39. The lowest BCUT2D eigenvalue weighted by Crippen LogP contribution is -2.42. The van der Waals surface area contributed by atoms with Gasteiger partial charge in [0.2, 0.25) is 0 Å². The fourth-order valence-electron chi connectivity index (χ4n) is 6.06. The van der Waals surface area contributed by atoms with Gasteiger partial charge in [0.1, 0.15) is 23.6 Å². The van der Waals surface area contributed by atoms with Crippen molar-refractivity contribution in [1.82, 2.24) is 14.8 Å². The minimum atomic E-state index is -0.662. The zero-order valence-corrected chi connectivity index (χ0v) is 25.2. The molecule has 2 aliphatic rings. The van der Waals surface area contributed by atoms with Crippen molar-refractivity contribution >= 4 is 40.2 Å². The number of carbonyl (C=O) groups is 1. The van der Waals surface area contributed by atoms with Crippen molar-refractivity contribution in [1.29, 1.82) is 0 Å². The number of nitrogens with zero attached hydrogens (tertiary/aromatic N) is 2. The molecule has 226 valence electrons. The standard InChI is InChI=1S/C33H35Cl2N3O5/c34-22-3-8-26(9-4-22)43-33(41)38-18-14-28-29-19-23(35)5-10-30(29)36-31(28)32(38)21-1-6-25(7-2-21)42-27-12-16-37(17-13-27)15-11-24(40)20-39/h1-10,19,24,27,32,36,39-40H,11-18,20H2/t24-,32-/m0/s1. The number of benzene rings is 3. The second-order valence-electron chi connectivity index (χ2n) is 11.2. The zero-order chi connectivity index (χ0) is 29.9. The van der Waals surface area contributed by atoms with Gasteiger partial charge in [-0.05, 0) is 91.4 Å². The normalized spacial score (nSPS) is 18.4. The van der Waals surface area contributed by atoms with Crippen molar-refractivity contribution in [3.05, 3.63) is 93.6 Å². The molecule has 0 radical (unpaired) electrons. The number of ether oxygens (including phenoxy) is 2. The molecule has 1 fully saturated rings. The number of aliphatic hydroxyl groups is 2. The summed E-state index contributed by atoms with van der Waals surface area (Å²) in [6.45, 7) is 2.83. The Labute approximate surface area is 260 Å². The van der Waals surface area contributed by atoms with Gasteiger partial charge < -0.3 is 29.6 Å². The van der Waals surface area contributed by atoms with Gasteiger partial charge in [0.15, 0.2) is 0 Å². The number of hydrogen-bond acceptors (Lipinski definition) is 6. The number of H-pyrrole nitrogens is 1. The highest BCUT2D eigenvalue weighted by Crippen LogP contribution is 2.40. The summed E-state index contributed by atoms with van der Waals surface area (Å²) < 4.78 is 12.1. The number of fused-ring (bicyclic) bond motifs is 3.